The van der Waals surface area contributed by atoms with Crippen LogP contribution in [0.2, 0.25) is 12.1 Å². The highest BCUT2D eigenvalue weighted by Crippen LogP contribution is 2.52. The molecule has 58 valence electrons. The van der Waals surface area contributed by atoms with Crippen molar-refractivity contribution in [2.45, 2.75) is 37.8 Å². The van der Waals surface area contributed by atoms with Crippen molar-refractivity contribution in [1.82, 2.24) is 0 Å². The van der Waals surface area contributed by atoms with Crippen LogP contribution in [-0.4, -0.2) is 13.8 Å². The molecule has 2 fully saturated rings. The van der Waals surface area contributed by atoms with Crippen LogP contribution in [-0.2, 0) is 0 Å². The van der Waals surface area contributed by atoms with Crippen LogP contribution in [0, 0.1) is 11.8 Å². The Bertz CT molecular complexity index is 135. The first-order chi connectivity index (χ1) is 4.77. The van der Waals surface area contributed by atoms with Crippen LogP contribution in [0.1, 0.15) is 25.7 Å². The molecule has 0 heterocycles. The summed E-state index contributed by atoms with van der Waals surface area (Å²) in [7, 11) is -1.27. The maximum atomic E-state index is 9.51. The summed E-state index contributed by atoms with van der Waals surface area (Å²) < 4.78 is 0. The molecule has 0 saturated heterocycles. The van der Waals surface area contributed by atoms with E-state index < -0.39 is 9.04 Å². The summed E-state index contributed by atoms with van der Waals surface area (Å²) in [5.41, 5.74) is 0.791. The Morgan fingerprint density at radius 3 is 2.40 bits per heavy atom. The summed E-state index contributed by atoms with van der Waals surface area (Å²) in [5, 5.41) is 0. The highest BCUT2D eigenvalue weighted by molar-refractivity contribution is 6.50. The van der Waals surface area contributed by atoms with E-state index in [-0.39, 0.29) is 0 Å². The minimum atomic E-state index is -1.27. The molecule has 2 heteroatoms. The molecule has 2 bridgehead atoms. The SMILES string of the molecule is C[SiH](O)C1CC2CCC1C2. The summed E-state index contributed by atoms with van der Waals surface area (Å²) in [6, 6.07) is 0. The summed E-state index contributed by atoms with van der Waals surface area (Å²) >= 11 is 0. The van der Waals surface area contributed by atoms with Crippen molar-refractivity contribution < 1.29 is 4.80 Å². The Hall–Kier alpha value is 0.177. The Labute approximate surface area is 64.2 Å². The molecular weight excluding hydrogens is 140 g/mol. The second kappa shape index (κ2) is 2.34. The van der Waals surface area contributed by atoms with Gasteiger partial charge in [-0.25, -0.2) is 0 Å². The van der Waals surface area contributed by atoms with Gasteiger partial charge in [-0.15, -0.1) is 0 Å². The normalized spacial score (nSPS) is 48.0. The number of rotatable bonds is 1. The fourth-order valence-corrected chi connectivity index (χ4v) is 4.80. The van der Waals surface area contributed by atoms with Crippen molar-refractivity contribution >= 4 is 9.04 Å². The summed E-state index contributed by atoms with van der Waals surface area (Å²) in [4.78, 5) is 9.51. The van der Waals surface area contributed by atoms with Gasteiger partial charge in [-0.1, -0.05) is 12.8 Å². The molecule has 1 N–H and O–H groups in total. The summed E-state index contributed by atoms with van der Waals surface area (Å²) in [6.45, 7) is 2.09. The molecule has 0 aromatic rings. The minimum Gasteiger partial charge on any atom is -0.435 e. The van der Waals surface area contributed by atoms with Crippen LogP contribution >= 0.6 is 0 Å². The Morgan fingerprint density at radius 1 is 1.30 bits per heavy atom. The van der Waals surface area contributed by atoms with Crippen LogP contribution in [0.3, 0.4) is 0 Å². The Kier molecular flexibility index (Phi) is 1.61. The van der Waals surface area contributed by atoms with E-state index >= 15 is 0 Å². The molecule has 2 aliphatic carbocycles. The smallest absolute Gasteiger partial charge is 0.172 e. The van der Waals surface area contributed by atoms with Gasteiger partial charge >= 0.3 is 0 Å². The highest BCUT2D eigenvalue weighted by atomic mass is 28.3. The highest BCUT2D eigenvalue weighted by Gasteiger charge is 2.41. The third kappa shape index (κ3) is 0.939. The molecule has 4 atom stereocenters. The largest absolute Gasteiger partial charge is 0.435 e. The average molecular weight is 156 g/mol. The second-order valence-corrected chi connectivity index (χ2v) is 6.42. The third-order valence-electron chi connectivity index (χ3n) is 3.41. The molecule has 4 unspecified atom stereocenters. The van der Waals surface area contributed by atoms with E-state index in [1.54, 1.807) is 0 Å². The first-order valence-electron chi connectivity index (χ1n) is 4.45. The lowest BCUT2D eigenvalue weighted by molar-refractivity contribution is 0.434. The molecule has 2 rings (SSSR count). The number of hydrogen-bond acceptors (Lipinski definition) is 1. The monoisotopic (exact) mass is 156 g/mol. The standard InChI is InChI=1S/C8H16OSi/c1-10(9)8-5-6-2-3-7(8)4-6/h6-10H,2-5H2,1H3. The maximum Gasteiger partial charge on any atom is 0.172 e. The van der Waals surface area contributed by atoms with Gasteiger partial charge < -0.3 is 4.80 Å². The average Bonchev–Trinajstić information content (AvgIpc) is 2.44. The van der Waals surface area contributed by atoms with Crippen molar-refractivity contribution in [2.24, 2.45) is 11.8 Å². The molecule has 0 aromatic heterocycles. The predicted molar refractivity (Wildman–Crippen MR) is 44.4 cm³/mol. The second-order valence-electron chi connectivity index (χ2n) is 4.08. The zero-order valence-electron chi connectivity index (χ0n) is 6.59. The quantitative estimate of drug-likeness (QED) is 0.571. The molecule has 0 aliphatic heterocycles. The summed E-state index contributed by atoms with van der Waals surface area (Å²) in [5.74, 6) is 1.95. The van der Waals surface area contributed by atoms with Crippen molar-refractivity contribution in [3.63, 3.8) is 0 Å². The van der Waals surface area contributed by atoms with Crippen molar-refractivity contribution in [3.05, 3.63) is 0 Å². The van der Waals surface area contributed by atoms with Crippen molar-refractivity contribution in [1.29, 1.82) is 0 Å². The molecule has 1 nitrogen and oxygen atoms in total. The Balaban J connectivity index is 2.02. The van der Waals surface area contributed by atoms with E-state index in [1.165, 1.54) is 25.7 Å². The van der Waals surface area contributed by atoms with Gasteiger partial charge in [-0.2, -0.15) is 0 Å². The molecule has 0 amide bonds. The zero-order valence-corrected chi connectivity index (χ0v) is 7.74. The Morgan fingerprint density at radius 2 is 2.10 bits per heavy atom. The number of fused-ring (bicyclic) bond motifs is 2. The van der Waals surface area contributed by atoms with Gasteiger partial charge in [0.2, 0.25) is 0 Å². The van der Waals surface area contributed by atoms with Gasteiger partial charge in [-0.05, 0) is 36.8 Å². The van der Waals surface area contributed by atoms with Gasteiger partial charge in [0, 0.05) is 0 Å². The van der Waals surface area contributed by atoms with Crippen LogP contribution in [0.5, 0.6) is 0 Å². The molecule has 2 aliphatic rings. The maximum absolute atomic E-state index is 9.51. The van der Waals surface area contributed by atoms with E-state index in [1.807, 2.05) is 0 Å². The molecule has 10 heavy (non-hydrogen) atoms. The van der Waals surface area contributed by atoms with Crippen LogP contribution in [0.4, 0.5) is 0 Å². The predicted octanol–water partition coefficient (Wildman–Crippen LogP) is 1.52. The number of hydrogen-bond donors (Lipinski definition) is 1. The van der Waals surface area contributed by atoms with Gasteiger partial charge in [0.25, 0.3) is 0 Å². The lowest BCUT2D eigenvalue weighted by Crippen LogP contribution is -2.21. The lowest BCUT2D eigenvalue weighted by atomic mass is 10.0. The summed E-state index contributed by atoms with van der Waals surface area (Å²) in [6.07, 6.45) is 5.70. The molecule has 0 radical (unpaired) electrons. The van der Waals surface area contributed by atoms with Crippen LogP contribution in [0.15, 0.2) is 0 Å². The fourth-order valence-electron chi connectivity index (χ4n) is 2.88. The van der Waals surface area contributed by atoms with Crippen molar-refractivity contribution in [3.8, 4) is 0 Å². The fraction of sp³-hybridized carbons (Fsp3) is 1.00. The minimum absolute atomic E-state index is 0.791. The molecule has 2 saturated carbocycles. The van der Waals surface area contributed by atoms with Crippen LogP contribution in [0.25, 0.3) is 0 Å². The van der Waals surface area contributed by atoms with Crippen LogP contribution < -0.4 is 0 Å². The van der Waals surface area contributed by atoms with E-state index in [2.05, 4.69) is 6.55 Å². The van der Waals surface area contributed by atoms with Gasteiger partial charge in [0.05, 0.1) is 0 Å². The van der Waals surface area contributed by atoms with E-state index in [9.17, 15) is 4.80 Å². The molecule has 0 aromatic carbocycles. The van der Waals surface area contributed by atoms with Gasteiger partial charge in [-0.3, -0.25) is 0 Å². The van der Waals surface area contributed by atoms with E-state index in [0.717, 1.165) is 17.4 Å². The van der Waals surface area contributed by atoms with Gasteiger partial charge in [0.1, 0.15) is 0 Å². The third-order valence-corrected chi connectivity index (χ3v) is 5.47. The zero-order chi connectivity index (χ0) is 7.14. The first-order valence-corrected chi connectivity index (χ1v) is 6.79. The lowest BCUT2D eigenvalue weighted by Gasteiger charge is -2.22. The van der Waals surface area contributed by atoms with Crippen molar-refractivity contribution in [2.75, 3.05) is 0 Å². The molecular formula is C8H16OSi. The first kappa shape index (κ1) is 6.86. The van der Waals surface area contributed by atoms with E-state index in [4.69, 9.17) is 0 Å². The molecule has 0 spiro atoms. The van der Waals surface area contributed by atoms with Gasteiger partial charge in [0.15, 0.2) is 9.04 Å². The van der Waals surface area contributed by atoms with E-state index in [0.29, 0.717) is 0 Å². The topological polar surface area (TPSA) is 20.2 Å².